The second-order valence-electron chi connectivity index (χ2n) is 3.99. The number of H-pyrrole nitrogens is 1. The summed E-state index contributed by atoms with van der Waals surface area (Å²) in [6, 6.07) is 3.88. The molecule has 2 aromatic heterocycles. The van der Waals surface area contributed by atoms with Crippen molar-refractivity contribution in [1.29, 1.82) is 0 Å². The molecule has 4 heteroatoms. The normalized spacial score (nSPS) is 11.0. The SMILES string of the molecule is CC(C)c1[nH]nc(-c2ccncc2)c1CCl. The van der Waals surface area contributed by atoms with Crippen LogP contribution in [0.15, 0.2) is 24.5 Å². The van der Waals surface area contributed by atoms with Crippen molar-refractivity contribution >= 4 is 11.6 Å². The van der Waals surface area contributed by atoms with E-state index in [9.17, 15) is 0 Å². The number of pyridine rings is 1. The molecule has 0 amide bonds. The number of halogens is 1. The van der Waals surface area contributed by atoms with E-state index in [4.69, 9.17) is 11.6 Å². The smallest absolute Gasteiger partial charge is 0.0968 e. The van der Waals surface area contributed by atoms with E-state index >= 15 is 0 Å². The molecule has 0 fully saturated rings. The predicted octanol–water partition coefficient (Wildman–Crippen LogP) is 3.33. The molecular weight excluding hydrogens is 222 g/mol. The molecule has 2 aromatic rings. The lowest BCUT2D eigenvalue weighted by Crippen LogP contribution is -1.92. The Morgan fingerprint density at radius 3 is 2.56 bits per heavy atom. The number of nitrogens with one attached hydrogen (secondary N) is 1. The molecule has 0 saturated carbocycles. The summed E-state index contributed by atoms with van der Waals surface area (Å²) in [7, 11) is 0. The molecule has 0 aliphatic rings. The highest BCUT2D eigenvalue weighted by atomic mass is 35.5. The van der Waals surface area contributed by atoms with Crippen LogP contribution in [0.1, 0.15) is 31.0 Å². The maximum Gasteiger partial charge on any atom is 0.0968 e. The summed E-state index contributed by atoms with van der Waals surface area (Å²) in [6.07, 6.45) is 3.52. The summed E-state index contributed by atoms with van der Waals surface area (Å²) in [4.78, 5) is 4.00. The largest absolute Gasteiger partial charge is 0.281 e. The Balaban J connectivity index is 2.50. The van der Waals surface area contributed by atoms with Crippen molar-refractivity contribution in [3.8, 4) is 11.3 Å². The standard InChI is InChI=1S/C12H14ClN3/c1-8(2)11-10(7-13)12(16-15-11)9-3-5-14-6-4-9/h3-6,8H,7H2,1-2H3,(H,15,16). The Kier molecular flexibility index (Phi) is 3.25. The molecule has 0 radical (unpaired) electrons. The molecule has 84 valence electrons. The van der Waals surface area contributed by atoms with Gasteiger partial charge in [-0.25, -0.2) is 0 Å². The van der Waals surface area contributed by atoms with Crippen LogP contribution in [0, 0.1) is 0 Å². The van der Waals surface area contributed by atoms with Gasteiger partial charge in [0.05, 0.1) is 11.6 Å². The minimum absolute atomic E-state index is 0.400. The lowest BCUT2D eigenvalue weighted by molar-refractivity contribution is 0.803. The molecule has 0 aromatic carbocycles. The van der Waals surface area contributed by atoms with Crippen LogP contribution in [0.4, 0.5) is 0 Å². The zero-order chi connectivity index (χ0) is 11.5. The second kappa shape index (κ2) is 4.66. The first-order valence-electron chi connectivity index (χ1n) is 5.27. The van der Waals surface area contributed by atoms with Gasteiger partial charge in [-0.15, -0.1) is 11.6 Å². The number of aromatic nitrogens is 3. The second-order valence-corrected chi connectivity index (χ2v) is 4.26. The van der Waals surface area contributed by atoms with Crippen LogP contribution in [0.25, 0.3) is 11.3 Å². The lowest BCUT2D eigenvalue weighted by atomic mass is 10.0. The fourth-order valence-electron chi connectivity index (χ4n) is 1.74. The van der Waals surface area contributed by atoms with Gasteiger partial charge in [0.1, 0.15) is 0 Å². The van der Waals surface area contributed by atoms with Gasteiger partial charge < -0.3 is 0 Å². The van der Waals surface area contributed by atoms with Crippen LogP contribution < -0.4 is 0 Å². The van der Waals surface area contributed by atoms with Crippen molar-refractivity contribution in [1.82, 2.24) is 15.2 Å². The van der Waals surface area contributed by atoms with Crippen molar-refractivity contribution in [2.75, 3.05) is 0 Å². The molecule has 0 aliphatic heterocycles. The third kappa shape index (κ3) is 1.95. The number of alkyl halides is 1. The highest BCUT2D eigenvalue weighted by Gasteiger charge is 2.15. The molecule has 0 saturated heterocycles. The number of aromatic amines is 1. The van der Waals surface area contributed by atoms with Crippen molar-refractivity contribution in [3.63, 3.8) is 0 Å². The summed E-state index contributed by atoms with van der Waals surface area (Å²) < 4.78 is 0. The molecule has 0 spiro atoms. The average molecular weight is 236 g/mol. The number of hydrogen-bond donors (Lipinski definition) is 1. The van der Waals surface area contributed by atoms with Gasteiger partial charge in [-0.2, -0.15) is 5.10 Å². The highest BCUT2D eigenvalue weighted by molar-refractivity contribution is 6.17. The van der Waals surface area contributed by atoms with E-state index in [1.165, 1.54) is 0 Å². The minimum atomic E-state index is 0.400. The topological polar surface area (TPSA) is 41.6 Å². The minimum Gasteiger partial charge on any atom is -0.281 e. The Labute approximate surface area is 99.9 Å². The van der Waals surface area contributed by atoms with Crippen molar-refractivity contribution in [2.45, 2.75) is 25.6 Å². The summed E-state index contributed by atoms with van der Waals surface area (Å²) >= 11 is 6.00. The monoisotopic (exact) mass is 235 g/mol. The summed E-state index contributed by atoms with van der Waals surface area (Å²) in [5.41, 5.74) is 4.18. The molecule has 0 aliphatic carbocycles. The Morgan fingerprint density at radius 2 is 2.00 bits per heavy atom. The molecule has 2 rings (SSSR count). The molecule has 3 nitrogen and oxygen atoms in total. The van der Waals surface area contributed by atoms with Gasteiger partial charge in [-0.05, 0) is 18.1 Å². The quantitative estimate of drug-likeness (QED) is 0.830. The molecule has 2 heterocycles. The van der Waals surface area contributed by atoms with E-state index in [0.29, 0.717) is 11.8 Å². The van der Waals surface area contributed by atoms with Crippen LogP contribution in [-0.4, -0.2) is 15.2 Å². The van der Waals surface area contributed by atoms with E-state index in [0.717, 1.165) is 22.5 Å². The Bertz CT molecular complexity index is 462. The van der Waals surface area contributed by atoms with Crippen molar-refractivity contribution in [2.24, 2.45) is 0 Å². The van der Waals surface area contributed by atoms with Gasteiger partial charge >= 0.3 is 0 Å². The van der Waals surface area contributed by atoms with Crippen molar-refractivity contribution in [3.05, 3.63) is 35.8 Å². The van der Waals surface area contributed by atoms with Crippen LogP contribution in [0.3, 0.4) is 0 Å². The average Bonchev–Trinajstić information content (AvgIpc) is 2.73. The first-order chi connectivity index (χ1) is 7.74. The van der Waals surface area contributed by atoms with Crippen LogP contribution in [0.5, 0.6) is 0 Å². The van der Waals surface area contributed by atoms with Gasteiger partial charge in [-0.1, -0.05) is 13.8 Å². The van der Waals surface area contributed by atoms with Crippen molar-refractivity contribution < 1.29 is 0 Å². The van der Waals surface area contributed by atoms with Crippen LogP contribution in [-0.2, 0) is 5.88 Å². The molecule has 1 N–H and O–H groups in total. The summed E-state index contributed by atoms with van der Waals surface area (Å²) in [5, 5.41) is 7.41. The molecule has 16 heavy (non-hydrogen) atoms. The highest BCUT2D eigenvalue weighted by Crippen LogP contribution is 2.28. The molecular formula is C12H14ClN3. The van der Waals surface area contributed by atoms with Crippen LogP contribution >= 0.6 is 11.6 Å². The molecule has 0 bridgehead atoms. The zero-order valence-electron chi connectivity index (χ0n) is 9.37. The predicted molar refractivity (Wildman–Crippen MR) is 65.5 cm³/mol. The van der Waals surface area contributed by atoms with Gasteiger partial charge in [0.2, 0.25) is 0 Å². The third-order valence-corrected chi connectivity index (χ3v) is 2.83. The first kappa shape index (κ1) is 11.1. The first-order valence-corrected chi connectivity index (χ1v) is 5.81. The van der Waals surface area contributed by atoms with E-state index < -0.39 is 0 Å². The Morgan fingerprint density at radius 1 is 1.31 bits per heavy atom. The van der Waals surface area contributed by atoms with Crippen LogP contribution in [0.2, 0.25) is 0 Å². The van der Waals surface area contributed by atoms with E-state index in [2.05, 4.69) is 29.0 Å². The lowest BCUT2D eigenvalue weighted by Gasteiger charge is -2.04. The van der Waals surface area contributed by atoms with E-state index in [-0.39, 0.29) is 0 Å². The number of rotatable bonds is 3. The van der Waals surface area contributed by atoms with Gasteiger partial charge in [0.25, 0.3) is 0 Å². The molecule has 0 unspecified atom stereocenters. The summed E-state index contributed by atoms with van der Waals surface area (Å²) in [5.74, 6) is 0.874. The zero-order valence-corrected chi connectivity index (χ0v) is 10.1. The third-order valence-electron chi connectivity index (χ3n) is 2.56. The Hall–Kier alpha value is -1.35. The maximum absolute atomic E-state index is 6.00. The van der Waals surface area contributed by atoms with E-state index in [1.807, 2.05) is 12.1 Å². The van der Waals surface area contributed by atoms with Gasteiger partial charge in [0, 0.05) is 29.2 Å². The van der Waals surface area contributed by atoms with E-state index in [1.54, 1.807) is 12.4 Å². The number of hydrogen-bond acceptors (Lipinski definition) is 2. The fraction of sp³-hybridized carbons (Fsp3) is 0.333. The summed E-state index contributed by atoms with van der Waals surface area (Å²) in [6.45, 7) is 4.25. The fourth-order valence-corrected chi connectivity index (χ4v) is 2.01. The van der Waals surface area contributed by atoms with Gasteiger partial charge in [0.15, 0.2) is 0 Å². The molecule has 0 atom stereocenters. The number of nitrogens with zero attached hydrogens (tertiary/aromatic N) is 2. The maximum atomic E-state index is 6.00. The van der Waals surface area contributed by atoms with Gasteiger partial charge in [-0.3, -0.25) is 10.1 Å².